The van der Waals surface area contributed by atoms with Gasteiger partial charge in [-0.3, -0.25) is 9.59 Å². The molecule has 6 heteroatoms. The van der Waals surface area contributed by atoms with E-state index in [2.05, 4.69) is 12.1 Å². The number of carbonyl (C=O) groups is 2. The molecule has 4 aromatic rings. The van der Waals surface area contributed by atoms with Crippen LogP contribution in [0.25, 0.3) is 10.9 Å². The average Bonchev–Trinajstić information content (AvgIpc) is 3.29. The lowest BCUT2D eigenvalue weighted by Gasteiger charge is -2.32. The summed E-state index contributed by atoms with van der Waals surface area (Å²) < 4.78 is 8.38. The van der Waals surface area contributed by atoms with Crippen LogP contribution in [-0.2, 0) is 13.5 Å². The van der Waals surface area contributed by atoms with E-state index in [1.807, 2.05) is 96.5 Å². The van der Waals surface area contributed by atoms with Crippen LogP contribution in [-0.4, -0.2) is 59.0 Å². The molecule has 2 heterocycles. The van der Waals surface area contributed by atoms with Gasteiger partial charge < -0.3 is 19.1 Å². The smallest absolute Gasteiger partial charge is 0.257 e. The summed E-state index contributed by atoms with van der Waals surface area (Å²) in [5.41, 5.74) is 3.44. The van der Waals surface area contributed by atoms with E-state index in [4.69, 9.17) is 4.74 Å². The third-order valence-corrected chi connectivity index (χ3v) is 7.43. The molecule has 0 saturated carbocycles. The van der Waals surface area contributed by atoms with Gasteiger partial charge in [0, 0.05) is 44.3 Å². The lowest BCUT2D eigenvalue weighted by molar-refractivity contribution is 0.0607. The van der Waals surface area contributed by atoms with E-state index in [9.17, 15) is 9.59 Å². The summed E-state index contributed by atoms with van der Waals surface area (Å²) in [5.74, 6) is 0.532. The normalized spacial score (nSPS) is 17.2. The Hall–Kier alpha value is -4.06. The van der Waals surface area contributed by atoms with E-state index in [-0.39, 0.29) is 17.9 Å². The molecule has 3 aromatic carbocycles. The summed E-state index contributed by atoms with van der Waals surface area (Å²) in [6.07, 6.45) is 5.27. The highest BCUT2D eigenvalue weighted by atomic mass is 16.5. The first-order valence-corrected chi connectivity index (χ1v) is 13.4. The molecule has 196 valence electrons. The van der Waals surface area contributed by atoms with Crippen LogP contribution >= 0.6 is 0 Å². The zero-order valence-electron chi connectivity index (χ0n) is 22.2. The van der Waals surface area contributed by atoms with Crippen LogP contribution in [0.4, 0.5) is 0 Å². The molecular weight excluding hydrogens is 474 g/mol. The Morgan fingerprint density at radius 3 is 2.42 bits per heavy atom. The summed E-state index contributed by atoms with van der Waals surface area (Å²) in [6, 6.07) is 25.5. The van der Waals surface area contributed by atoms with Crippen LogP contribution < -0.4 is 4.74 Å². The number of aryl methyl sites for hydroxylation is 1. The number of nitrogens with zero attached hydrogens (tertiary/aromatic N) is 3. The predicted octanol–water partition coefficient (Wildman–Crippen LogP) is 5.57. The van der Waals surface area contributed by atoms with Gasteiger partial charge in [0.1, 0.15) is 12.4 Å². The van der Waals surface area contributed by atoms with Crippen LogP contribution in [0.2, 0.25) is 0 Å². The van der Waals surface area contributed by atoms with Crippen LogP contribution in [0, 0.1) is 0 Å². The lowest BCUT2D eigenvalue weighted by Crippen LogP contribution is -2.45. The summed E-state index contributed by atoms with van der Waals surface area (Å²) in [5, 5.41) is 0.958. The number of para-hydroxylation sites is 2. The predicted molar refractivity (Wildman–Crippen MR) is 151 cm³/mol. The molecule has 0 aliphatic carbocycles. The van der Waals surface area contributed by atoms with Crippen molar-refractivity contribution in [3.8, 4) is 5.75 Å². The van der Waals surface area contributed by atoms with Crippen LogP contribution in [0.1, 0.15) is 45.5 Å². The molecule has 0 unspecified atom stereocenters. The third-order valence-electron chi connectivity index (χ3n) is 7.43. The van der Waals surface area contributed by atoms with E-state index >= 15 is 0 Å². The standard InChI is InChI=1S/C32H35N3O3/c1-33-19-11-4-12-20-35(32(37)28-22-34(2)29-17-9-7-15-26(28)29)25(21-24-13-5-3-6-14-24)23-38-30-18-10-8-16-27(30)31(33)36/h3,5-10,13-18,22,25H,4,11-12,19-21,23H2,1-2H3/t25-/m0/s1. The Labute approximate surface area is 224 Å². The molecule has 0 saturated heterocycles. The maximum Gasteiger partial charge on any atom is 0.257 e. The van der Waals surface area contributed by atoms with E-state index < -0.39 is 0 Å². The first-order valence-electron chi connectivity index (χ1n) is 13.4. The SMILES string of the molecule is CN1CCCCCN(C(=O)c2cn(C)c3ccccc23)[C@@H](Cc2ccccc2)COc2ccccc2C1=O. The zero-order chi connectivity index (χ0) is 26.5. The van der Waals surface area contributed by atoms with Crippen molar-refractivity contribution in [3.63, 3.8) is 0 Å². The van der Waals surface area contributed by atoms with E-state index in [1.54, 1.807) is 4.90 Å². The van der Waals surface area contributed by atoms with Gasteiger partial charge in [-0.2, -0.15) is 0 Å². The second-order valence-electron chi connectivity index (χ2n) is 10.1. The van der Waals surface area contributed by atoms with Gasteiger partial charge in [-0.1, -0.05) is 60.7 Å². The van der Waals surface area contributed by atoms with Crippen LogP contribution in [0.15, 0.2) is 85.1 Å². The Kier molecular flexibility index (Phi) is 7.78. The first-order chi connectivity index (χ1) is 18.5. The highest BCUT2D eigenvalue weighted by Gasteiger charge is 2.29. The molecular formula is C32H35N3O3. The fourth-order valence-corrected chi connectivity index (χ4v) is 5.33. The minimum absolute atomic E-state index is 0.0164. The Morgan fingerprint density at radius 2 is 1.58 bits per heavy atom. The van der Waals surface area contributed by atoms with Crippen molar-refractivity contribution in [2.24, 2.45) is 7.05 Å². The molecule has 5 rings (SSSR count). The van der Waals surface area contributed by atoms with Crippen molar-refractivity contribution in [1.29, 1.82) is 0 Å². The third kappa shape index (κ3) is 5.44. The van der Waals surface area contributed by atoms with Gasteiger partial charge in [-0.15, -0.1) is 0 Å². The Morgan fingerprint density at radius 1 is 0.868 bits per heavy atom. The number of hydrogen-bond donors (Lipinski definition) is 0. The van der Waals surface area contributed by atoms with Crippen molar-refractivity contribution in [2.45, 2.75) is 31.7 Å². The molecule has 0 spiro atoms. The fourth-order valence-electron chi connectivity index (χ4n) is 5.33. The fraction of sp³-hybridized carbons (Fsp3) is 0.312. The number of aromatic nitrogens is 1. The monoisotopic (exact) mass is 509 g/mol. The minimum atomic E-state index is -0.203. The number of carbonyl (C=O) groups excluding carboxylic acids is 2. The van der Waals surface area contributed by atoms with Crippen molar-refractivity contribution in [1.82, 2.24) is 14.4 Å². The largest absolute Gasteiger partial charge is 0.491 e. The van der Waals surface area contributed by atoms with Gasteiger partial charge >= 0.3 is 0 Å². The summed E-state index contributed by atoms with van der Waals surface area (Å²) >= 11 is 0. The van der Waals surface area contributed by atoms with Gasteiger partial charge in [0.05, 0.1) is 17.2 Å². The van der Waals surface area contributed by atoms with Crippen molar-refractivity contribution >= 4 is 22.7 Å². The number of hydrogen-bond acceptors (Lipinski definition) is 3. The second kappa shape index (κ2) is 11.5. The summed E-state index contributed by atoms with van der Waals surface area (Å²) in [6.45, 7) is 1.58. The van der Waals surface area contributed by atoms with Crippen molar-refractivity contribution in [2.75, 3.05) is 26.7 Å². The molecule has 0 fully saturated rings. The molecule has 6 nitrogen and oxygen atoms in total. The molecule has 38 heavy (non-hydrogen) atoms. The van der Waals surface area contributed by atoms with Gasteiger partial charge in [-0.25, -0.2) is 0 Å². The van der Waals surface area contributed by atoms with Crippen molar-refractivity contribution < 1.29 is 14.3 Å². The summed E-state index contributed by atoms with van der Waals surface area (Å²) in [7, 11) is 3.82. The Balaban J connectivity index is 1.53. The molecule has 1 aliphatic rings. The molecule has 1 aromatic heterocycles. The molecule has 1 atom stereocenters. The number of benzene rings is 3. The quantitative estimate of drug-likeness (QED) is 0.363. The highest BCUT2D eigenvalue weighted by molar-refractivity contribution is 6.07. The maximum absolute atomic E-state index is 14.3. The molecule has 2 amide bonds. The molecule has 0 radical (unpaired) electrons. The second-order valence-corrected chi connectivity index (χ2v) is 10.1. The van der Waals surface area contributed by atoms with E-state index in [0.717, 1.165) is 35.7 Å². The number of amides is 2. The first kappa shape index (κ1) is 25.6. The molecule has 0 N–H and O–H groups in total. The van der Waals surface area contributed by atoms with Gasteiger partial charge in [-0.05, 0) is 49.4 Å². The lowest BCUT2D eigenvalue weighted by atomic mass is 10.0. The van der Waals surface area contributed by atoms with Gasteiger partial charge in [0.2, 0.25) is 0 Å². The van der Waals surface area contributed by atoms with E-state index in [1.165, 1.54) is 0 Å². The number of rotatable bonds is 3. The van der Waals surface area contributed by atoms with Gasteiger partial charge in [0.15, 0.2) is 0 Å². The summed E-state index contributed by atoms with van der Waals surface area (Å²) in [4.78, 5) is 31.2. The topological polar surface area (TPSA) is 54.8 Å². The van der Waals surface area contributed by atoms with Gasteiger partial charge in [0.25, 0.3) is 11.8 Å². The van der Waals surface area contributed by atoms with Crippen molar-refractivity contribution in [3.05, 3.63) is 102 Å². The molecule has 0 bridgehead atoms. The highest BCUT2D eigenvalue weighted by Crippen LogP contribution is 2.26. The van der Waals surface area contributed by atoms with Crippen LogP contribution in [0.3, 0.4) is 0 Å². The number of fused-ring (bicyclic) bond motifs is 2. The van der Waals surface area contributed by atoms with Crippen LogP contribution in [0.5, 0.6) is 5.75 Å². The molecule has 1 aliphatic heterocycles. The number of ether oxygens (including phenoxy) is 1. The Bertz CT molecular complexity index is 1410. The maximum atomic E-state index is 14.3. The van der Waals surface area contributed by atoms with E-state index in [0.29, 0.717) is 43.0 Å². The minimum Gasteiger partial charge on any atom is -0.491 e. The zero-order valence-corrected chi connectivity index (χ0v) is 22.2. The average molecular weight is 510 g/mol.